The topological polar surface area (TPSA) is 107 Å². The van der Waals surface area contributed by atoms with E-state index in [0.717, 1.165) is 42.5 Å². The summed E-state index contributed by atoms with van der Waals surface area (Å²) in [7, 11) is 3.20. The minimum absolute atomic E-state index is 0.0447. The Labute approximate surface area is 248 Å². The molecule has 0 radical (unpaired) electrons. The Kier molecular flexibility index (Phi) is 9.48. The molecule has 2 heterocycles. The summed E-state index contributed by atoms with van der Waals surface area (Å²) < 4.78 is 26.7. The molecule has 0 bridgehead atoms. The van der Waals surface area contributed by atoms with Crippen molar-refractivity contribution in [3.63, 3.8) is 0 Å². The molecule has 0 saturated heterocycles. The van der Waals surface area contributed by atoms with E-state index < -0.39 is 6.04 Å². The molecule has 2 aromatic carbocycles. The molecule has 1 saturated carbocycles. The van der Waals surface area contributed by atoms with Gasteiger partial charge in [-0.05, 0) is 61.6 Å². The van der Waals surface area contributed by atoms with Crippen LogP contribution in [0.1, 0.15) is 60.6 Å². The quantitative estimate of drug-likeness (QED) is 0.208. The van der Waals surface area contributed by atoms with Gasteiger partial charge in [0.05, 0.1) is 31.5 Å². The van der Waals surface area contributed by atoms with Crippen LogP contribution in [0.3, 0.4) is 0 Å². The van der Waals surface area contributed by atoms with Crippen molar-refractivity contribution in [3.8, 4) is 22.8 Å². The third-order valence-electron chi connectivity index (χ3n) is 7.46. The number of ether oxygens (including phenoxy) is 2. The first-order valence-electron chi connectivity index (χ1n) is 14.0. The summed E-state index contributed by atoms with van der Waals surface area (Å²) in [4.78, 5) is 30.7. The van der Waals surface area contributed by atoms with Crippen molar-refractivity contribution in [3.05, 3.63) is 77.2 Å². The molecule has 2 amide bonds. The number of rotatable bonds is 12. The maximum absolute atomic E-state index is 13.7. The van der Waals surface area contributed by atoms with E-state index in [1.54, 1.807) is 44.0 Å². The maximum atomic E-state index is 13.7. The van der Waals surface area contributed by atoms with Crippen molar-refractivity contribution in [2.24, 2.45) is 0 Å². The van der Waals surface area contributed by atoms with Crippen molar-refractivity contribution >= 4 is 28.3 Å². The summed E-state index contributed by atoms with van der Waals surface area (Å²) in [5, 5.41) is 12.9. The molecule has 5 rings (SSSR count). The molecule has 1 aliphatic rings. The second kappa shape index (κ2) is 13.6. The van der Waals surface area contributed by atoms with Gasteiger partial charge in [0.15, 0.2) is 10.8 Å². The zero-order valence-electron chi connectivity index (χ0n) is 23.6. The van der Waals surface area contributed by atoms with E-state index >= 15 is 0 Å². The Bertz CT molecular complexity index is 1480. The second-order valence-corrected chi connectivity index (χ2v) is 11.2. The van der Waals surface area contributed by atoms with Gasteiger partial charge in [-0.1, -0.05) is 31.0 Å². The van der Waals surface area contributed by atoms with E-state index in [0.29, 0.717) is 29.5 Å². The van der Waals surface area contributed by atoms with Crippen molar-refractivity contribution in [2.75, 3.05) is 19.5 Å². The van der Waals surface area contributed by atoms with Gasteiger partial charge in [0.1, 0.15) is 17.3 Å². The van der Waals surface area contributed by atoms with Crippen LogP contribution in [0.5, 0.6) is 11.5 Å². The van der Waals surface area contributed by atoms with Gasteiger partial charge in [-0.2, -0.15) is 5.10 Å². The lowest BCUT2D eigenvalue weighted by molar-refractivity contribution is -0.116. The normalized spacial score (nSPS) is 14.0. The average Bonchev–Trinajstić information content (AvgIpc) is 3.78. The number of anilines is 1. The minimum Gasteiger partial charge on any atom is -0.496 e. The summed E-state index contributed by atoms with van der Waals surface area (Å²) in [5.41, 5.74) is 2.63. The summed E-state index contributed by atoms with van der Waals surface area (Å²) in [5.74, 6) is 0.290. The van der Waals surface area contributed by atoms with Crippen molar-refractivity contribution in [1.29, 1.82) is 0 Å². The fourth-order valence-electron chi connectivity index (χ4n) is 5.38. The Balaban J connectivity index is 1.41. The van der Waals surface area contributed by atoms with E-state index in [4.69, 9.17) is 14.6 Å². The monoisotopic (exact) mass is 591 g/mol. The fraction of sp³-hybridized carbons (Fsp3) is 0.355. The zero-order chi connectivity index (χ0) is 29.5. The number of amides is 2. The first kappa shape index (κ1) is 29.2. The molecule has 9 nitrogen and oxygen atoms in total. The van der Waals surface area contributed by atoms with Gasteiger partial charge in [-0.15, -0.1) is 11.3 Å². The maximum Gasteiger partial charge on any atom is 0.272 e. The Morgan fingerprint density at radius 3 is 2.45 bits per heavy atom. The number of carbonyl (C=O) groups is 2. The van der Waals surface area contributed by atoms with E-state index in [1.165, 1.54) is 23.5 Å². The van der Waals surface area contributed by atoms with Crippen molar-refractivity contribution < 1.29 is 23.5 Å². The number of nitrogens with zero attached hydrogens (tertiary/aromatic N) is 3. The van der Waals surface area contributed by atoms with E-state index in [2.05, 4.69) is 15.6 Å². The molecule has 1 atom stereocenters. The first-order valence-corrected chi connectivity index (χ1v) is 14.9. The molecule has 1 aliphatic carbocycles. The van der Waals surface area contributed by atoms with Crippen LogP contribution in [-0.4, -0.2) is 46.8 Å². The number of hydrogen-bond donors (Lipinski definition) is 2. The van der Waals surface area contributed by atoms with Crippen LogP contribution in [-0.2, 0) is 11.2 Å². The molecule has 0 unspecified atom stereocenters. The minimum atomic E-state index is -0.497. The molecule has 220 valence electrons. The second-order valence-electron chi connectivity index (χ2n) is 10.3. The number of aryl methyl sites for hydroxylation is 1. The van der Waals surface area contributed by atoms with Gasteiger partial charge in [-0.25, -0.2) is 9.37 Å². The molecule has 2 N–H and O–H groups in total. The third-order valence-corrected chi connectivity index (χ3v) is 8.15. The molecule has 4 aromatic rings. The number of methoxy groups -OCH3 is 2. The van der Waals surface area contributed by atoms with Crippen LogP contribution in [0.4, 0.5) is 9.52 Å². The van der Waals surface area contributed by atoms with Crippen LogP contribution in [0.15, 0.2) is 60.1 Å². The molecule has 42 heavy (non-hydrogen) atoms. The number of benzene rings is 2. The zero-order valence-corrected chi connectivity index (χ0v) is 24.5. The molecular weight excluding hydrogens is 557 g/mol. The molecule has 0 spiro atoms. The highest BCUT2D eigenvalue weighted by atomic mass is 32.1. The first-order chi connectivity index (χ1) is 20.4. The van der Waals surface area contributed by atoms with Crippen LogP contribution in [0.25, 0.3) is 11.3 Å². The third kappa shape index (κ3) is 6.96. The number of nitrogens with one attached hydrogen (secondary N) is 2. The van der Waals surface area contributed by atoms with E-state index in [1.807, 2.05) is 22.9 Å². The average molecular weight is 592 g/mol. The highest BCUT2D eigenvalue weighted by Crippen LogP contribution is 2.41. The molecule has 2 aromatic heterocycles. The smallest absolute Gasteiger partial charge is 0.272 e. The van der Waals surface area contributed by atoms with Crippen LogP contribution >= 0.6 is 11.3 Å². The SMILES string of the molecule is COc1cccc(OC)c1-c1cc(C(=O)N[C@@H](CCc2ccc(F)cc2)CC(=O)Nc2nccs2)nn1C1CCCC1. The van der Waals surface area contributed by atoms with Gasteiger partial charge in [0.2, 0.25) is 5.91 Å². The van der Waals surface area contributed by atoms with E-state index in [9.17, 15) is 14.0 Å². The van der Waals surface area contributed by atoms with Crippen LogP contribution < -0.4 is 20.1 Å². The summed E-state index contributed by atoms with van der Waals surface area (Å²) in [6.07, 6.45) is 6.79. The van der Waals surface area contributed by atoms with Gasteiger partial charge in [-0.3, -0.25) is 14.3 Å². The lowest BCUT2D eigenvalue weighted by atomic mass is 10.0. The summed E-state index contributed by atoms with van der Waals surface area (Å²) in [6.45, 7) is 0. The lowest BCUT2D eigenvalue weighted by Gasteiger charge is -2.18. The number of halogens is 1. The molecule has 0 aliphatic heterocycles. The van der Waals surface area contributed by atoms with Gasteiger partial charge in [0.25, 0.3) is 5.91 Å². The van der Waals surface area contributed by atoms with Gasteiger partial charge in [0, 0.05) is 24.0 Å². The predicted molar refractivity (Wildman–Crippen MR) is 160 cm³/mol. The molecular formula is C31H34FN5O4S. The van der Waals surface area contributed by atoms with Crippen molar-refractivity contribution in [2.45, 2.75) is 57.0 Å². The summed E-state index contributed by atoms with van der Waals surface area (Å²) >= 11 is 1.32. The number of hydrogen-bond acceptors (Lipinski definition) is 7. The standard InChI is InChI=1S/C31H34FN5O4S/c1-40-26-8-5-9-27(41-2)29(26)25-19-24(36-37(25)23-6-3-4-7-23)30(39)34-22(15-12-20-10-13-21(32)14-11-20)18-28(38)35-31-33-16-17-42-31/h5,8-11,13-14,16-17,19,22-23H,3-4,6-7,12,15,18H2,1-2H3,(H,34,39)(H,33,35,38)/t22-/m0/s1. The summed E-state index contributed by atoms with van der Waals surface area (Å²) in [6, 6.07) is 13.2. The number of thiazole rings is 1. The van der Waals surface area contributed by atoms with E-state index in [-0.39, 0.29) is 35.8 Å². The largest absolute Gasteiger partial charge is 0.496 e. The highest BCUT2D eigenvalue weighted by molar-refractivity contribution is 7.13. The Morgan fingerprint density at radius 1 is 1.10 bits per heavy atom. The Morgan fingerprint density at radius 2 is 1.81 bits per heavy atom. The fourth-order valence-corrected chi connectivity index (χ4v) is 5.92. The molecule has 11 heteroatoms. The van der Waals surface area contributed by atoms with Crippen LogP contribution in [0, 0.1) is 5.82 Å². The van der Waals surface area contributed by atoms with Crippen molar-refractivity contribution in [1.82, 2.24) is 20.1 Å². The number of aromatic nitrogens is 3. The Hall–Kier alpha value is -4.25. The van der Waals surface area contributed by atoms with Crippen LogP contribution in [0.2, 0.25) is 0 Å². The predicted octanol–water partition coefficient (Wildman–Crippen LogP) is 6.04. The highest BCUT2D eigenvalue weighted by Gasteiger charge is 2.28. The lowest BCUT2D eigenvalue weighted by Crippen LogP contribution is -2.38. The van der Waals surface area contributed by atoms with Gasteiger partial charge >= 0.3 is 0 Å². The molecule has 1 fully saturated rings. The van der Waals surface area contributed by atoms with Gasteiger partial charge < -0.3 is 20.1 Å². The number of carbonyl (C=O) groups excluding carboxylic acids is 2.